The van der Waals surface area contributed by atoms with Crippen molar-refractivity contribution in [1.29, 1.82) is 0 Å². The second kappa shape index (κ2) is 10.0. The first-order chi connectivity index (χ1) is 15.5. The third kappa shape index (κ3) is 5.20. The van der Waals surface area contributed by atoms with Crippen molar-refractivity contribution in [2.75, 3.05) is 67.8 Å². The Morgan fingerprint density at radius 1 is 1.06 bits per heavy atom. The Hall–Kier alpha value is -3.10. The van der Waals surface area contributed by atoms with Gasteiger partial charge in [-0.2, -0.15) is 20.1 Å². The third-order valence-corrected chi connectivity index (χ3v) is 5.46. The molecular weight excluding hydrogens is 488 g/mol. The zero-order valence-corrected chi connectivity index (χ0v) is 18.6. The first kappa shape index (κ1) is 22.1. The lowest BCUT2D eigenvalue weighted by atomic mass is 10.2. The molecule has 2 N–H and O–H groups in total. The molecular formula is C18H21BrN8O5. The molecule has 0 spiro atoms. The molecule has 0 bridgehead atoms. The average Bonchev–Trinajstić information content (AvgIpc) is 2.82. The van der Waals surface area contributed by atoms with Crippen LogP contribution in [0.3, 0.4) is 0 Å². The molecule has 2 aromatic rings. The standard InChI is InChI=1S/C18H21BrN8O5/c19-14-10-13(27(29)30)9-12(15(14)28)11-20-24-16-21-17(25-1-5-31-6-2-25)23-18(22-16)26-3-7-32-8-4-26/h9-11,28H,1-8H2,(H,21,22,23,24)/b20-11+. The number of hydrogen-bond acceptors (Lipinski definition) is 12. The zero-order valence-electron chi connectivity index (χ0n) is 17.0. The number of ether oxygens (including phenoxy) is 2. The van der Waals surface area contributed by atoms with Crippen LogP contribution in [-0.2, 0) is 9.47 Å². The minimum atomic E-state index is -0.551. The molecule has 0 radical (unpaired) electrons. The fourth-order valence-corrected chi connectivity index (χ4v) is 3.65. The van der Waals surface area contributed by atoms with Crippen LogP contribution in [0.15, 0.2) is 21.7 Å². The summed E-state index contributed by atoms with van der Waals surface area (Å²) in [6, 6.07) is 2.44. The maximum Gasteiger partial charge on any atom is 0.271 e. The summed E-state index contributed by atoms with van der Waals surface area (Å²) >= 11 is 3.11. The normalized spacial score (nSPS) is 17.0. The number of hydrogen-bond donors (Lipinski definition) is 2. The highest BCUT2D eigenvalue weighted by Gasteiger charge is 2.20. The van der Waals surface area contributed by atoms with Crippen molar-refractivity contribution in [1.82, 2.24) is 15.0 Å². The molecule has 0 atom stereocenters. The van der Waals surface area contributed by atoms with Gasteiger partial charge in [-0.15, -0.1) is 0 Å². The van der Waals surface area contributed by atoms with E-state index in [4.69, 9.17) is 9.47 Å². The Kier molecular flexibility index (Phi) is 6.92. The molecule has 0 saturated carbocycles. The smallest absolute Gasteiger partial charge is 0.271 e. The van der Waals surface area contributed by atoms with Gasteiger partial charge < -0.3 is 24.4 Å². The van der Waals surface area contributed by atoms with E-state index >= 15 is 0 Å². The number of hydrazone groups is 1. The molecule has 14 heteroatoms. The molecule has 2 saturated heterocycles. The summed E-state index contributed by atoms with van der Waals surface area (Å²) in [7, 11) is 0. The van der Waals surface area contributed by atoms with E-state index in [1.54, 1.807) is 0 Å². The molecule has 0 unspecified atom stereocenters. The number of phenols is 1. The molecule has 4 rings (SSSR count). The van der Waals surface area contributed by atoms with Gasteiger partial charge in [-0.25, -0.2) is 5.43 Å². The molecule has 2 aliphatic rings. The third-order valence-electron chi connectivity index (χ3n) is 4.86. The van der Waals surface area contributed by atoms with Gasteiger partial charge in [0.25, 0.3) is 5.69 Å². The van der Waals surface area contributed by atoms with Crippen molar-refractivity contribution in [3.05, 3.63) is 32.3 Å². The maximum atomic E-state index is 11.1. The van der Waals surface area contributed by atoms with Crippen LogP contribution < -0.4 is 15.2 Å². The highest BCUT2D eigenvalue weighted by Crippen LogP contribution is 2.31. The van der Waals surface area contributed by atoms with Crippen LogP contribution in [0.25, 0.3) is 0 Å². The lowest BCUT2D eigenvalue weighted by Crippen LogP contribution is -2.40. The molecule has 3 heterocycles. The van der Waals surface area contributed by atoms with Crippen LogP contribution in [0.2, 0.25) is 0 Å². The summed E-state index contributed by atoms with van der Waals surface area (Å²) in [5, 5.41) is 25.3. The highest BCUT2D eigenvalue weighted by molar-refractivity contribution is 9.10. The second-order valence-electron chi connectivity index (χ2n) is 6.95. The minimum Gasteiger partial charge on any atom is -0.506 e. The van der Waals surface area contributed by atoms with Gasteiger partial charge in [0, 0.05) is 43.9 Å². The zero-order chi connectivity index (χ0) is 22.5. The van der Waals surface area contributed by atoms with Gasteiger partial charge in [0.15, 0.2) is 0 Å². The molecule has 1 aromatic carbocycles. The second-order valence-corrected chi connectivity index (χ2v) is 7.80. The van der Waals surface area contributed by atoms with E-state index in [1.165, 1.54) is 18.3 Å². The predicted octanol–water partition coefficient (Wildman–Crippen LogP) is 1.37. The Balaban J connectivity index is 1.59. The SMILES string of the molecule is O=[N+]([O-])c1cc(Br)c(O)c(/C=N/Nc2nc(N3CCOCC3)nc(N3CCOCC3)n2)c1. The Labute approximate surface area is 191 Å². The number of halogens is 1. The monoisotopic (exact) mass is 508 g/mol. The van der Waals surface area contributed by atoms with Crippen LogP contribution in [0.1, 0.15) is 5.56 Å². The number of nitrogens with zero attached hydrogens (tertiary/aromatic N) is 7. The van der Waals surface area contributed by atoms with Crippen LogP contribution in [-0.4, -0.2) is 83.8 Å². The van der Waals surface area contributed by atoms with Gasteiger partial charge in [-0.3, -0.25) is 10.1 Å². The maximum absolute atomic E-state index is 11.1. The van der Waals surface area contributed by atoms with Crippen molar-refractivity contribution in [2.24, 2.45) is 5.10 Å². The molecule has 13 nitrogen and oxygen atoms in total. The van der Waals surface area contributed by atoms with Crippen LogP contribution in [0.5, 0.6) is 5.75 Å². The minimum absolute atomic E-state index is 0.162. The molecule has 0 aliphatic carbocycles. The van der Waals surface area contributed by atoms with Gasteiger partial charge in [-0.1, -0.05) is 0 Å². The van der Waals surface area contributed by atoms with Gasteiger partial charge in [0.2, 0.25) is 17.8 Å². The molecule has 2 fully saturated rings. The van der Waals surface area contributed by atoms with Gasteiger partial charge >= 0.3 is 0 Å². The van der Waals surface area contributed by atoms with E-state index in [0.717, 1.165) is 0 Å². The number of nitrogens with one attached hydrogen (secondary N) is 1. The average molecular weight is 509 g/mol. The van der Waals surface area contributed by atoms with E-state index in [1.807, 2.05) is 9.80 Å². The topological polar surface area (TPSA) is 151 Å². The largest absolute Gasteiger partial charge is 0.506 e. The number of aromatic nitrogens is 3. The van der Waals surface area contributed by atoms with Gasteiger partial charge in [0.1, 0.15) is 5.75 Å². The van der Waals surface area contributed by atoms with Gasteiger partial charge in [-0.05, 0) is 15.9 Å². The number of benzene rings is 1. The molecule has 1 aromatic heterocycles. The van der Waals surface area contributed by atoms with E-state index in [2.05, 4.69) is 41.4 Å². The number of aromatic hydroxyl groups is 1. The summed E-state index contributed by atoms with van der Waals surface area (Å²) in [6.07, 6.45) is 1.26. The summed E-state index contributed by atoms with van der Waals surface area (Å²) in [4.78, 5) is 28.1. The number of non-ortho nitro benzene ring substituents is 1. The summed E-state index contributed by atoms with van der Waals surface area (Å²) < 4.78 is 11.0. The quantitative estimate of drug-likeness (QED) is 0.330. The lowest BCUT2D eigenvalue weighted by Gasteiger charge is -2.30. The lowest BCUT2D eigenvalue weighted by molar-refractivity contribution is -0.385. The van der Waals surface area contributed by atoms with Crippen molar-refractivity contribution < 1.29 is 19.5 Å². The van der Waals surface area contributed by atoms with Crippen LogP contribution in [0, 0.1) is 10.1 Å². The number of rotatable bonds is 6. The summed E-state index contributed by atoms with van der Waals surface area (Å²) in [5.74, 6) is 1.05. The predicted molar refractivity (Wildman–Crippen MR) is 120 cm³/mol. The van der Waals surface area contributed by atoms with E-state index < -0.39 is 4.92 Å². The fraction of sp³-hybridized carbons (Fsp3) is 0.444. The van der Waals surface area contributed by atoms with Crippen molar-refractivity contribution in [3.8, 4) is 5.75 Å². The van der Waals surface area contributed by atoms with Crippen molar-refractivity contribution >= 4 is 45.7 Å². The first-order valence-corrected chi connectivity index (χ1v) is 10.7. The molecule has 32 heavy (non-hydrogen) atoms. The summed E-state index contributed by atoms with van der Waals surface area (Å²) in [6.45, 7) is 4.97. The fourth-order valence-electron chi connectivity index (χ4n) is 3.18. The first-order valence-electron chi connectivity index (χ1n) is 9.88. The molecule has 2 aliphatic heterocycles. The number of phenolic OH excluding ortho intramolecular Hbond substituents is 1. The highest BCUT2D eigenvalue weighted by atomic mass is 79.9. The van der Waals surface area contributed by atoms with Gasteiger partial charge in [0.05, 0.1) is 42.0 Å². The number of morpholine rings is 2. The Morgan fingerprint density at radius 2 is 1.62 bits per heavy atom. The molecule has 170 valence electrons. The number of nitro groups is 1. The van der Waals surface area contributed by atoms with E-state index in [0.29, 0.717) is 64.5 Å². The summed E-state index contributed by atoms with van der Waals surface area (Å²) in [5.41, 5.74) is 2.72. The van der Waals surface area contributed by atoms with Crippen LogP contribution in [0.4, 0.5) is 23.5 Å². The Bertz CT molecular complexity index is 975. The van der Waals surface area contributed by atoms with Crippen molar-refractivity contribution in [3.63, 3.8) is 0 Å². The Morgan fingerprint density at radius 3 is 2.16 bits per heavy atom. The number of anilines is 3. The molecule has 0 amide bonds. The number of nitro benzene ring substituents is 1. The van der Waals surface area contributed by atoms with Crippen LogP contribution >= 0.6 is 15.9 Å². The van der Waals surface area contributed by atoms with E-state index in [-0.39, 0.29) is 27.4 Å². The van der Waals surface area contributed by atoms with E-state index in [9.17, 15) is 15.2 Å². The van der Waals surface area contributed by atoms with Crippen molar-refractivity contribution in [2.45, 2.75) is 0 Å².